The van der Waals surface area contributed by atoms with Crippen LogP contribution in [0, 0.1) is 0 Å². The van der Waals surface area contributed by atoms with E-state index >= 15 is 0 Å². The third-order valence-electron chi connectivity index (χ3n) is 2.68. The first-order valence-electron chi connectivity index (χ1n) is 5.39. The first kappa shape index (κ1) is 10.2. The number of nitrogens with zero attached hydrogens (tertiary/aromatic N) is 2. The number of hydrogen-bond acceptors (Lipinski definition) is 3. The van der Waals surface area contributed by atoms with Crippen LogP contribution in [0.4, 0.5) is 5.82 Å². The maximum atomic E-state index is 5.78. The van der Waals surface area contributed by atoms with Crippen molar-refractivity contribution in [3.05, 3.63) is 36.0 Å². The highest BCUT2D eigenvalue weighted by Crippen LogP contribution is 2.16. The standard InChI is InChI=1S/C12H17N3/c1-10(13)11-5-6-12(14-9-11)15-7-3-2-4-8-15/h2-3,5-6,9-10H,4,7-8,13H2,1H3/t10-/m1/s1. The van der Waals surface area contributed by atoms with Gasteiger partial charge in [0.25, 0.3) is 0 Å². The van der Waals surface area contributed by atoms with Crippen molar-refractivity contribution in [1.29, 1.82) is 0 Å². The molecular formula is C12H17N3. The molecule has 0 bridgehead atoms. The molecule has 0 aromatic carbocycles. The number of aromatic nitrogens is 1. The van der Waals surface area contributed by atoms with Crippen molar-refractivity contribution in [3.63, 3.8) is 0 Å². The second-order valence-electron chi connectivity index (χ2n) is 3.94. The van der Waals surface area contributed by atoms with Gasteiger partial charge in [-0.25, -0.2) is 4.98 Å². The molecule has 0 unspecified atom stereocenters. The minimum atomic E-state index is 0.0628. The Hall–Kier alpha value is -1.35. The Kier molecular flexibility index (Phi) is 3.02. The molecule has 1 aliphatic heterocycles. The van der Waals surface area contributed by atoms with Crippen LogP contribution in [0.2, 0.25) is 0 Å². The molecule has 1 aliphatic rings. The minimum Gasteiger partial charge on any atom is -0.353 e. The van der Waals surface area contributed by atoms with Crippen LogP contribution in [0.3, 0.4) is 0 Å². The van der Waals surface area contributed by atoms with Gasteiger partial charge in [-0.2, -0.15) is 0 Å². The van der Waals surface area contributed by atoms with Crippen molar-refractivity contribution in [3.8, 4) is 0 Å². The smallest absolute Gasteiger partial charge is 0.128 e. The Balaban J connectivity index is 2.12. The van der Waals surface area contributed by atoms with Crippen LogP contribution in [0.25, 0.3) is 0 Å². The number of hydrogen-bond donors (Lipinski definition) is 1. The summed E-state index contributed by atoms with van der Waals surface area (Å²) < 4.78 is 0. The van der Waals surface area contributed by atoms with Gasteiger partial charge in [-0.1, -0.05) is 18.2 Å². The van der Waals surface area contributed by atoms with Gasteiger partial charge in [0.15, 0.2) is 0 Å². The van der Waals surface area contributed by atoms with Crippen molar-refractivity contribution >= 4 is 5.82 Å². The van der Waals surface area contributed by atoms with Crippen molar-refractivity contribution < 1.29 is 0 Å². The lowest BCUT2D eigenvalue weighted by Crippen LogP contribution is -2.27. The molecule has 80 valence electrons. The average molecular weight is 203 g/mol. The summed E-state index contributed by atoms with van der Waals surface area (Å²) in [5.74, 6) is 1.05. The second-order valence-corrected chi connectivity index (χ2v) is 3.94. The monoisotopic (exact) mass is 203 g/mol. The predicted octanol–water partition coefficient (Wildman–Crippen LogP) is 1.87. The van der Waals surface area contributed by atoms with Crippen molar-refractivity contribution in [1.82, 2.24) is 4.98 Å². The van der Waals surface area contributed by atoms with Crippen LogP contribution in [0.1, 0.15) is 24.9 Å². The Morgan fingerprint density at radius 2 is 2.27 bits per heavy atom. The molecule has 0 fully saturated rings. The van der Waals surface area contributed by atoms with Gasteiger partial charge in [-0.05, 0) is 25.0 Å². The first-order chi connectivity index (χ1) is 7.27. The van der Waals surface area contributed by atoms with Gasteiger partial charge in [0, 0.05) is 25.3 Å². The van der Waals surface area contributed by atoms with E-state index < -0.39 is 0 Å². The molecule has 2 rings (SSSR count). The highest BCUT2D eigenvalue weighted by Gasteiger charge is 2.08. The van der Waals surface area contributed by atoms with Gasteiger partial charge in [0.05, 0.1) is 0 Å². The molecule has 2 heterocycles. The van der Waals surface area contributed by atoms with Gasteiger partial charge in [0.1, 0.15) is 5.82 Å². The number of anilines is 1. The minimum absolute atomic E-state index is 0.0628. The SMILES string of the molecule is C[C@@H](N)c1ccc(N2CC=CCC2)nc1. The molecule has 15 heavy (non-hydrogen) atoms. The van der Waals surface area contributed by atoms with E-state index in [0.717, 1.165) is 30.9 Å². The van der Waals surface area contributed by atoms with E-state index in [4.69, 9.17) is 5.73 Å². The molecule has 3 heteroatoms. The maximum absolute atomic E-state index is 5.78. The zero-order valence-corrected chi connectivity index (χ0v) is 9.06. The zero-order valence-electron chi connectivity index (χ0n) is 9.06. The molecule has 2 N–H and O–H groups in total. The molecule has 1 atom stereocenters. The lowest BCUT2D eigenvalue weighted by atomic mass is 10.1. The Labute approximate surface area is 90.6 Å². The number of rotatable bonds is 2. The summed E-state index contributed by atoms with van der Waals surface area (Å²) in [6, 6.07) is 4.18. The van der Waals surface area contributed by atoms with E-state index in [1.165, 1.54) is 0 Å². The van der Waals surface area contributed by atoms with E-state index in [1.807, 2.05) is 13.1 Å². The average Bonchev–Trinajstić information content (AvgIpc) is 2.30. The fourth-order valence-corrected chi connectivity index (χ4v) is 1.70. The number of pyridine rings is 1. The van der Waals surface area contributed by atoms with E-state index in [1.54, 1.807) is 0 Å². The molecule has 0 aliphatic carbocycles. The van der Waals surface area contributed by atoms with Crippen molar-refractivity contribution in [2.24, 2.45) is 5.73 Å². The first-order valence-corrected chi connectivity index (χ1v) is 5.39. The molecule has 0 spiro atoms. The van der Waals surface area contributed by atoms with Crippen LogP contribution >= 0.6 is 0 Å². The lowest BCUT2D eigenvalue weighted by Gasteiger charge is -2.24. The summed E-state index contributed by atoms with van der Waals surface area (Å²) in [5, 5.41) is 0. The van der Waals surface area contributed by atoms with Crippen LogP contribution in [-0.4, -0.2) is 18.1 Å². The van der Waals surface area contributed by atoms with Crippen LogP contribution in [-0.2, 0) is 0 Å². The molecule has 0 saturated heterocycles. The molecule has 3 nitrogen and oxygen atoms in total. The van der Waals surface area contributed by atoms with Crippen LogP contribution in [0.15, 0.2) is 30.5 Å². The molecule has 0 saturated carbocycles. The fourth-order valence-electron chi connectivity index (χ4n) is 1.70. The third kappa shape index (κ3) is 2.36. The number of nitrogens with two attached hydrogens (primary N) is 1. The zero-order chi connectivity index (χ0) is 10.7. The largest absolute Gasteiger partial charge is 0.353 e. The van der Waals surface area contributed by atoms with Gasteiger partial charge >= 0.3 is 0 Å². The Morgan fingerprint density at radius 3 is 2.80 bits per heavy atom. The molecular weight excluding hydrogens is 186 g/mol. The van der Waals surface area contributed by atoms with E-state index in [2.05, 4.69) is 34.2 Å². The van der Waals surface area contributed by atoms with E-state index in [-0.39, 0.29) is 6.04 Å². The van der Waals surface area contributed by atoms with Crippen molar-refractivity contribution in [2.45, 2.75) is 19.4 Å². The van der Waals surface area contributed by atoms with Gasteiger partial charge < -0.3 is 10.6 Å². The highest BCUT2D eigenvalue weighted by atomic mass is 15.2. The second kappa shape index (κ2) is 4.45. The van der Waals surface area contributed by atoms with Gasteiger partial charge in [-0.15, -0.1) is 0 Å². The summed E-state index contributed by atoms with van der Waals surface area (Å²) in [4.78, 5) is 6.70. The molecule has 0 amide bonds. The van der Waals surface area contributed by atoms with Crippen LogP contribution in [0.5, 0.6) is 0 Å². The Morgan fingerprint density at radius 1 is 1.40 bits per heavy atom. The Bertz CT molecular complexity index is 340. The summed E-state index contributed by atoms with van der Waals surface area (Å²) >= 11 is 0. The summed E-state index contributed by atoms with van der Waals surface area (Å²) in [7, 11) is 0. The predicted molar refractivity (Wildman–Crippen MR) is 62.8 cm³/mol. The molecule has 1 aromatic rings. The fraction of sp³-hybridized carbons (Fsp3) is 0.417. The van der Waals surface area contributed by atoms with Gasteiger partial charge in [-0.3, -0.25) is 0 Å². The normalized spacial score (nSPS) is 17.9. The quantitative estimate of drug-likeness (QED) is 0.746. The summed E-state index contributed by atoms with van der Waals surface area (Å²) in [5.41, 5.74) is 6.87. The van der Waals surface area contributed by atoms with Crippen LogP contribution < -0.4 is 10.6 Å². The molecule has 1 aromatic heterocycles. The lowest BCUT2D eigenvalue weighted by molar-refractivity contribution is 0.789. The van der Waals surface area contributed by atoms with E-state index in [9.17, 15) is 0 Å². The van der Waals surface area contributed by atoms with E-state index in [0.29, 0.717) is 0 Å². The topological polar surface area (TPSA) is 42.1 Å². The third-order valence-corrected chi connectivity index (χ3v) is 2.68. The molecule has 0 radical (unpaired) electrons. The van der Waals surface area contributed by atoms with Crippen molar-refractivity contribution in [2.75, 3.05) is 18.0 Å². The maximum Gasteiger partial charge on any atom is 0.128 e. The summed E-state index contributed by atoms with van der Waals surface area (Å²) in [6.07, 6.45) is 7.38. The highest BCUT2D eigenvalue weighted by molar-refractivity contribution is 5.41. The summed E-state index contributed by atoms with van der Waals surface area (Å²) in [6.45, 7) is 3.99. The van der Waals surface area contributed by atoms with Gasteiger partial charge in [0.2, 0.25) is 0 Å².